The van der Waals surface area contributed by atoms with Crippen LogP contribution in [-0.4, -0.2) is 33.4 Å². The Kier molecular flexibility index (Phi) is 3.97. The Morgan fingerprint density at radius 1 is 1.30 bits per heavy atom. The molecule has 0 saturated carbocycles. The number of nitro benzene ring substituents is 1. The van der Waals surface area contributed by atoms with Crippen molar-refractivity contribution < 1.29 is 19.6 Å². The SMILES string of the molecule is O=C(O)CCC(=O)N1CCc2ccc([N+](=O)[O-])cc2C1. The summed E-state index contributed by atoms with van der Waals surface area (Å²) in [5.74, 6) is -1.24. The van der Waals surface area contributed by atoms with Crippen molar-refractivity contribution in [3.8, 4) is 0 Å². The zero-order valence-corrected chi connectivity index (χ0v) is 10.7. The first-order chi connectivity index (χ1) is 9.47. The van der Waals surface area contributed by atoms with E-state index in [9.17, 15) is 19.7 Å². The van der Waals surface area contributed by atoms with E-state index in [0.29, 0.717) is 19.5 Å². The lowest BCUT2D eigenvalue weighted by Crippen LogP contribution is -2.36. The monoisotopic (exact) mass is 278 g/mol. The molecule has 0 bridgehead atoms. The number of carbonyl (C=O) groups is 2. The lowest BCUT2D eigenvalue weighted by atomic mass is 9.99. The van der Waals surface area contributed by atoms with Crippen LogP contribution < -0.4 is 0 Å². The minimum atomic E-state index is -1.01. The molecule has 1 amide bonds. The van der Waals surface area contributed by atoms with Crippen LogP contribution in [0.4, 0.5) is 5.69 Å². The van der Waals surface area contributed by atoms with Gasteiger partial charge in [-0.25, -0.2) is 0 Å². The third kappa shape index (κ3) is 3.11. The van der Waals surface area contributed by atoms with Crippen LogP contribution in [0.15, 0.2) is 18.2 Å². The number of rotatable bonds is 4. The van der Waals surface area contributed by atoms with E-state index in [-0.39, 0.29) is 24.4 Å². The highest BCUT2D eigenvalue weighted by molar-refractivity contribution is 5.81. The third-order valence-electron chi connectivity index (χ3n) is 3.32. The van der Waals surface area contributed by atoms with E-state index in [4.69, 9.17) is 5.11 Å². The molecule has 0 aromatic heterocycles. The van der Waals surface area contributed by atoms with Gasteiger partial charge in [0.2, 0.25) is 5.91 Å². The fourth-order valence-corrected chi connectivity index (χ4v) is 2.24. The maximum Gasteiger partial charge on any atom is 0.303 e. The number of nitro groups is 1. The molecule has 0 spiro atoms. The number of hydrogen-bond acceptors (Lipinski definition) is 4. The molecule has 0 fully saturated rings. The number of aliphatic carboxylic acids is 1. The van der Waals surface area contributed by atoms with Crippen LogP contribution in [0.25, 0.3) is 0 Å². The number of benzene rings is 1. The van der Waals surface area contributed by atoms with Crippen LogP contribution in [0, 0.1) is 10.1 Å². The van der Waals surface area contributed by atoms with E-state index in [2.05, 4.69) is 0 Å². The zero-order chi connectivity index (χ0) is 14.7. The van der Waals surface area contributed by atoms with Gasteiger partial charge in [-0.2, -0.15) is 0 Å². The van der Waals surface area contributed by atoms with Gasteiger partial charge in [0.25, 0.3) is 5.69 Å². The van der Waals surface area contributed by atoms with Crippen LogP contribution in [0.5, 0.6) is 0 Å². The molecule has 7 nitrogen and oxygen atoms in total. The number of carboxylic acids is 1. The first-order valence-electron chi connectivity index (χ1n) is 6.23. The van der Waals surface area contributed by atoms with Gasteiger partial charge in [0.15, 0.2) is 0 Å². The van der Waals surface area contributed by atoms with Crippen molar-refractivity contribution >= 4 is 17.6 Å². The van der Waals surface area contributed by atoms with Crippen LogP contribution in [0.3, 0.4) is 0 Å². The Morgan fingerprint density at radius 2 is 2.05 bits per heavy atom. The number of hydrogen-bond donors (Lipinski definition) is 1. The predicted octanol–water partition coefficient (Wildman–Crippen LogP) is 1.34. The molecule has 1 aromatic rings. The summed E-state index contributed by atoms with van der Waals surface area (Å²) in [7, 11) is 0. The molecule has 1 aliphatic rings. The molecular weight excluding hydrogens is 264 g/mol. The quantitative estimate of drug-likeness (QED) is 0.661. The maximum atomic E-state index is 11.9. The van der Waals surface area contributed by atoms with Gasteiger partial charge in [-0.1, -0.05) is 6.07 Å². The maximum absolute atomic E-state index is 11.9. The summed E-state index contributed by atoms with van der Waals surface area (Å²) in [6, 6.07) is 4.65. The van der Waals surface area contributed by atoms with Gasteiger partial charge in [0.1, 0.15) is 0 Å². The Hall–Kier alpha value is -2.44. The fraction of sp³-hybridized carbons (Fsp3) is 0.385. The van der Waals surface area contributed by atoms with Crippen molar-refractivity contribution in [3.63, 3.8) is 0 Å². The topological polar surface area (TPSA) is 101 Å². The first-order valence-corrected chi connectivity index (χ1v) is 6.23. The van der Waals surface area contributed by atoms with Gasteiger partial charge in [0, 0.05) is 31.6 Å². The van der Waals surface area contributed by atoms with Gasteiger partial charge in [-0.3, -0.25) is 19.7 Å². The van der Waals surface area contributed by atoms with Crippen LogP contribution >= 0.6 is 0 Å². The normalized spacial score (nSPS) is 13.7. The highest BCUT2D eigenvalue weighted by atomic mass is 16.6. The Labute approximate surface area is 115 Å². The summed E-state index contributed by atoms with van der Waals surface area (Å²) < 4.78 is 0. The highest BCUT2D eigenvalue weighted by Gasteiger charge is 2.22. The molecule has 1 aliphatic heterocycles. The number of carbonyl (C=O) groups excluding carboxylic acids is 1. The van der Waals surface area contributed by atoms with Crippen molar-refractivity contribution in [1.82, 2.24) is 4.90 Å². The van der Waals surface area contributed by atoms with Crippen LogP contribution in [-0.2, 0) is 22.6 Å². The van der Waals surface area contributed by atoms with Gasteiger partial charge in [-0.15, -0.1) is 0 Å². The summed E-state index contributed by atoms with van der Waals surface area (Å²) in [6.45, 7) is 0.818. The number of nitrogens with zero attached hydrogens (tertiary/aromatic N) is 2. The molecule has 106 valence electrons. The second kappa shape index (κ2) is 5.68. The highest BCUT2D eigenvalue weighted by Crippen LogP contribution is 2.24. The molecule has 0 atom stereocenters. The number of fused-ring (bicyclic) bond motifs is 1. The summed E-state index contributed by atoms with van der Waals surface area (Å²) in [4.78, 5) is 34.1. The van der Waals surface area contributed by atoms with Crippen molar-refractivity contribution in [2.24, 2.45) is 0 Å². The van der Waals surface area contributed by atoms with Crippen molar-refractivity contribution in [2.75, 3.05) is 6.54 Å². The van der Waals surface area contributed by atoms with Crippen molar-refractivity contribution in [3.05, 3.63) is 39.4 Å². The second-order valence-electron chi connectivity index (χ2n) is 4.67. The number of non-ortho nitro benzene ring substituents is 1. The average Bonchev–Trinajstić information content (AvgIpc) is 2.43. The zero-order valence-electron chi connectivity index (χ0n) is 10.7. The minimum absolute atomic E-state index is 0.00332. The van der Waals surface area contributed by atoms with E-state index in [0.717, 1.165) is 11.1 Å². The van der Waals surface area contributed by atoms with E-state index in [1.54, 1.807) is 11.0 Å². The lowest BCUT2D eigenvalue weighted by Gasteiger charge is -2.28. The number of carboxylic acid groups (broad SMARTS) is 1. The van der Waals surface area contributed by atoms with E-state index in [1.165, 1.54) is 12.1 Å². The van der Waals surface area contributed by atoms with Crippen molar-refractivity contribution in [1.29, 1.82) is 0 Å². The molecule has 0 unspecified atom stereocenters. The van der Waals surface area contributed by atoms with Crippen LogP contribution in [0.2, 0.25) is 0 Å². The van der Waals surface area contributed by atoms with Gasteiger partial charge >= 0.3 is 5.97 Å². The number of amides is 1. The molecule has 0 saturated heterocycles. The van der Waals surface area contributed by atoms with Gasteiger partial charge < -0.3 is 10.0 Å². The summed E-state index contributed by atoms with van der Waals surface area (Å²) in [6.07, 6.45) is 0.392. The molecule has 1 heterocycles. The molecule has 7 heteroatoms. The summed E-state index contributed by atoms with van der Waals surface area (Å²) in [5, 5.41) is 19.3. The van der Waals surface area contributed by atoms with Gasteiger partial charge in [0.05, 0.1) is 11.3 Å². The van der Waals surface area contributed by atoms with Crippen LogP contribution in [0.1, 0.15) is 24.0 Å². The Balaban J connectivity index is 2.09. The predicted molar refractivity (Wildman–Crippen MR) is 69.1 cm³/mol. The third-order valence-corrected chi connectivity index (χ3v) is 3.32. The standard InChI is InChI=1S/C13H14N2O5/c16-12(3-4-13(17)18)14-6-5-9-1-2-11(15(19)20)7-10(9)8-14/h1-2,7H,3-6,8H2,(H,17,18). The van der Waals surface area contributed by atoms with Crippen molar-refractivity contribution in [2.45, 2.75) is 25.8 Å². The second-order valence-corrected chi connectivity index (χ2v) is 4.67. The van der Waals surface area contributed by atoms with E-state index < -0.39 is 10.9 Å². The molecule has 0 radical (unpaired) electrons. The minimum Gasteiger partial charge on any atom is -0.481 e. The summed E-state index contributed by atoms with van der Waals surface area (Å²) in [5.41, 5.74) is 1.76. The smallest absolute Gasteiger partial charge is 0.303 e. The molecular formula is C13H14N2O5. The summed E-state index contributed by atoms with van der Waals surface area (Å²) >= 11 is 0. The molecule has 0 aliphatic carbocycles. The molecule has 1 aromatic carbocycles. The van der Waals surface area contributed by atoms with E-state index in [1.807, 2.05) is 0 Å². The first kappa shape index (κ1) is 14.0. The molecule has 20 heavy (non-hydrogen) atoms. The molecule has 1 N–H and O–H groups in total. The van der Waals surface area contributed by atoms with E-state index >= 15 is 0 Å². The average molecular weight is 278 g/mol. The fourth-order valence-electron chi connectivity index (χ4n) is 2.24. The lowest BCUT2D eigenvalue weighted by molar-refractivity contribution is -0.385. The Morgan fingerprint density at radius 3 is 2.70 bits per heavy atom. The van der Waals surface area contributed by atoms with Gasteiger partial charge in [-0.05, 0) is 17.5 Å². The largest absolute Gasteiger partial charge is 0.481 e. The molecule has 2 rings (SSSR count). The Bertz CT molecular complexity index is 570.